The number of rotatable bonds is 13. The van der Waals surface area contributed by atoms with Gasteiger partial charge in [-0.15, -0.1) is 0 Å². The van der Waals surface area contributed by atoms with E-state index in [9.17, 15) is 4.79 Å². The van der Waals surface area contributed by atoms with Crippen LogP contribution in [0.2, 0.25) is 51.4 Å². The highest BCUT2D eigenvalue weighted by Crippen LogP contribution is 2.33. The lowest BCUT2D eigenvalue weighted by Crippen LogP contribution is -2.22. The second kappa shape index (κ2) is 13.1. The van der Waals surface area contributed by atoms with Gasteiger partial charge >= 0.3 is 5.97 Å². The Labute approximate surface area is 261 Å². The molecule has 0 radical (unpaired) electrons. The Bertz CT molecular complexity index is 1750. The van der Waals surface area contributed by atoms with Gasteiger partial charge in [-0.25, -0.2) is 14.5 Å². The number of imidazole rings is 1. The number of ether oxygens (including phenoxy) is 3. The number of pyridine rings is 1. The molecule has 0 spiro atoms. The third-order valence-electron chi connectivity index (χ3n) is 7.57. The van der Waals surface area contributed by atoms with Gasteiger partial charge in [-0.2, -0.15) is 5.10 Å². The molecule has 0 atom stereocenters. The van der Waals surface area contributed by atoms with Crippen molar-refractivity contribution in [3.05, 3.63) is 66.5 Å². The van der Waals surface area contributed by atoms with Crippen molar-refractivity contribution < 1.29 is 19.0 Å². The van der Waals surface area contributed by atoms with Crippen molar-refractivity contribution in [2.24, 2.45) is 0 Å². The van der Waals surface area contributed by atoms with Gasteiger partial charge in [0.25, 0.3) is 0 Å². The summed E-state index contributed by atoms with van der Waals surface area (Å²) in [6, 6.07) is 17.9. The number of methoxy groups -OCH3 is 1. The van der Waals surface area contributed by atoms with E-state index in [1.54, 1.807) is 18.5 Å². The number of carbonyl (C=O) groups is 1. The Balaban J connectivity index is 1.62. The van der Waals surface area contributed by atoms with Gasteiger partial charge in [0.15, 0.2) is 5.82 Å². The molecular formula is C33H43N5O4Si2. The summed E-state index contributed by atoms with van der Waals surface area (Å²) in [4.78, 5) is 21.8. The van der Waals surface area contributed by atoms with Crippen molar-refractivity contribution in [1.82, 2.24) is 24.3 Å². The van der Waals surface area contributed by atoms with Crippen LogP contribution >= 0.6 is 0 Å². The lowest BCUT2D eigenvalue weighted by atomic mass is 10.1. The van der Waals surface area contributed by atoms with Crippen molar-refractivity contribution in [2.75, 3.05) is 20.3 Å². The van der Waals surface area contributed by atoms with E-state index in [0.29, 0.717) is 43.8 Å². The summed E-state index contributed by atoms with van der Waals surface area (Å²) in [6.45, 7) is 16.0. The second-order valence-electron chi connectivity index (χ2n) is 13.6. The zero-order valence-electron chi connectivity index (χ0n) is 26.9. The third-order valence-corrected chi connectivity index (χ3v) is 11.0. The van der Waals surface area contributed by atoms with Gasteiger partial charge in [-0.1, -0.05) is 45.3 Å². The summed E-state index contributed by atoms with van der Waals surface area (Å²) < 4.78 is 21.4. The zero-order chi connectivity index (χ0) is 31.5. The van der Waals surface area contributed by atoms with Crippen LogP contribution < -0.4 is 0 Å². The van der Waals surface area contributed by atoms with Gasteiger partial charge in [-0.05, 0) is 65.7 Å². The molecule has 0 aliphatic heterocycles. The van der Waals surface area contributed by atoms with Crippen LogP contribution in [-0.4, -0.2) is 66.8 Å². The number of carbonyl (C=O) groups excluding carboxylic acids is 1. The van der Waals surface area contributed by atoms with E-state index in [1.807, 2.05) is 35.0 Å². The number of nitrogens with zero attached hydrogens (tertiary/aromatic N) is 5. The van der Waals surface area contributed by atoms with Crippen LogP contribution in [0.5, 0.6) is 0 Å². The summed E-state index contributed by atoms with van der Waals surface area (Å²) in [5, 5.41) is 5.84. The zero-order valence-corrected chi connectivity index (χ0v) is 28.9. The number of hydrogen-bond donors (Lipinski definition) is 0. The molecule has 0 aliphatic rings. The largest absolute Gasteiger partial charge is 0.465 e. The van der Waals surface area contributed by atoms with Crippen LogP contribution in [-0.2, 0) is 27.7 Å². The Hall–Kier alpha value is -3.65. The molecule has 9 nitrogen and oxygen atoms in total. The Morgan fingerprint density at radius 1 is 0.795 bits per heavy atom. The molecule has 3 aromatic heterocycles. The molecule has 5 aromatic rings. The van der Waals surface area contributed by atoms with Crippen LogP contribution in [0, 0.1) is 0 Å². The van der Waals surface area contributed by atoms with Crippen LogP contribution in [0.3, 0.4) is 0 Å². The monoisotopic (exact) mass is 629 g/mol. The highest BCUT2D eigenvalue weighted by Gasteiger charge is 2.23. The van der Waals surface area contributed by atoms with Gasteiger partial charge in [0.1, 0.15) is 19.2 Å². The standard InChI is InChI=1S/C33H43N5O4Si2/c1-40-33(39)26-9-11-29-27(20-26)31(36-38(29)23-42-17-19-44(5,6)7)32-35-28-10-8-25(24-12-14-34-15-13-24)21-30(28)37(32)22-41-16-18-43(2,3)4/h8-15,20-21H,16-19,22-23H2,1-7H3. The van der Waals surface area contributed by atoms with Gasteiger partial charge in [0.2, 0.25) is 0 Å². The van der Waals surface area contributed by atoms with Gasteiger partial charge in [0, 0.05) is 47.1 Å². The fraction of sp³-hybridized carbons (Fsp3) is 0.394. The van der Waals surface area contributed by atoms with Crippen molar-refractivity contribution in [2.45, 2.75) is 64.8 Å². The van der Waals surface area contributed by atoms with Gasteiger partial charge in [-0.3, -0.25) is 9.55 Å². The summed E-state index contributed by atoms with van der Waals surface area (Å²) in [7, 11) is -1.12. The Kier molecular flexibility index (Phi) is 9.49. The van der Waals surface area contributed by atoms with Crippen molar-refractivity contribution in [1.29, 1.82) is 0 Å². The lowest BCUT2D eigenvalue weighted by Gasteiger charge is -2.16. The first kappa shape index (κ1) is 31.8. The van der Waals surface area contributed by atoms with Crippen LogP contribution in [0.4, 0.5) is 0 Å². The van der Waals surface area contributed by atoms with Gasteiger partial charge < -0.3 is 14.2 Å². The van der Waals surface area contributed by atoms with Crippen molar-refractivity contribution in [3.8, 4) is 22.6 Å². The van der Waals surface area contributed by atoms with Crippen LogP contribution in [0.25, 0.3) is 44.6 Å². The van der Waals surface area contributed by atoms with E-state index in [1.165, 1.54) is 7.11 Å². The van der Waals surface area contributed by atoms with Crippen molar-refractivity contribution in [3.63, 3.8) is 0 Å². The maximum atomic E-state index is 12.5. The molecule has 11 heteroatoms. The Morgan fingerprint density at radius 2 is 1.48 bits per heavy atom. The summed E-state index contributed by atoms with van der Waals surface area (Å²) >= 11 is 0. The molecule has 0 aliphatic carbocycles. The lowest BCUT2D eigenvalue weighted by molar-refractivity contribution is 0.0601. The molecule has 0 saturated carbocycles. The van der Waals surface area contributed by atoms with E-state index in [2.05, 4.69) is 61.0 Å². The van der Waals surface area contributed by atoms with E-state index in [-0.39, 0.29) is 0 Å². The minimum Gasteiger partial charge on any atom is -0.465 e. The molecule has 2 aromatic carbocycles. The van der Waals surface area contributed by atoms with Crippen molar-refractivity contribution >= 4 is 44.1 Å². The normalized spacial score (nSPS) is 12.3. The number of benzene rings is 2. The number of hydrogen-bond acceptors (Lipinski definition) is 7. The fourth-order valence-electron chi connectivity index (χ4n) is 4.91. The van der Waals surface area contributed by atoms with E-state index < -0.39 is 22.1 Å². The molecule has 0 fully saturated rings. The molecule has 44 heavy (non-hydrogen) atoms. The predicted molar refractivity (Wildman–Crippen MR) is 181 cm³/mol. The molecule has 0 saturated heterocycles. The second-order valence-corrected chi connectivity index (χ2v) is 24.8. The van der Waals surface area contributed by atoms with Gasteiger partial charge in [0.05, 0.1) is 29.2 Å². The third kappa shape index (κ3) is 7.52. The van der Waals surface area contributed by atoms with E-state index in [0.717, 1.165) is 45.2 Å². The number of aromatic nitrogens is 5. The summed E-state index contributed by atoms with van der Waals surface area (Å²) in [5.74, 6) is 0.273. The maximum Gasteiger partial charge on any atom is 0.337 e. The van der Waals surface area contributed by atoms with Crippen LogP contribution in [0.1, 0.15) is 10.4 Å². The molecule has 5 rings (SSSR count). The number of esters is 1. The molecule has 3 heterocycles. The molecular weight excluding hydrogens is 587 g/mol. The average Bonchev–Trinajstić information content (AvgIpc) is 3.53. The SMILES string of the molecule is COC(=O)c1ccc2c(c1)c(-c1nc3ccc(-c4ccncc4)cc3n1COCC[Si](C)(C)C)nn2COCC[Si](C)(C)C. The summed E-state index contributed by atoms with van der Waals surface area (Å²) in [5.41, 5.74) is 5.89. The molecule has 232 valence electrons. The predicted octanol–water partition coefficient (Wildman–Crippen LogP) is 7.53. The topological polar surface area (TPSA) is 93.3 Å². The first-order chi connectivity index (χ1) is 20.9. The highest BCUT2D eigenvalue weighted by atomic mass is 28.3. The first-order valence-electron chi connectivity index (χ1n) is 15.1. The average molecular weight is 630 g/mol. The van der Waals surface area contributed by atoms with E-state index >= 15 is 0 Å². The Morgan fingerprint density at radius 3 is 2.14 bits per heavy atom. The molecule has 0 bridgehead atoms. The fourth-order valence-corrected chi connectivity index (χ4v) is 6.42. The molecule has 0 N–H and O–H groups in total. The molecule has 0 amide bonds. The molecule has 0 unspecified atom stereocenters. The minimum atomic E-state index is -1.27. The van der Waals surface area contributed by atoms with Crippen LogP contribution in [0.15, 0.2) is 60.9 Å². The summed E-state index contributed by atoms with van der Waals surface area (Å²) in [6.07, 6.45) is 3.59. The number of fused-ring (bicyclic) bond motifs is 2. The maximum absolute atomic E-state index is 12.5. The minimum absolute atomic E-state index is 0.303. The first-order valence-corrected chi connectivity index (χ1v) is 22.5. The van der Waals surface area contributed by atoms with E-state index in [4.69, 9.17) is 24.3 Å². The quantitative estimate of drug-likeness (QED) is 0.0755. The smallest absolute Gasteiger partial charge is 0.337 e. The highest BCUT2D eigenvalue weighted by molar-refractivity contribution is 6.76.